The summed E-state index contributed by atoms with van der Waals surface area (Å²) < 4.78 is 23.9. The SMILES string of the molecule is CCN(CC)C1CCc2cc(-c3ccc(S(=O)(=O)CC)cc3)ccc2C1. The van der Waals surface area contributed by atoms with Gasteiger partial charge in [-0.25, -0.2) is 8.42 Å². The number of benzene rings is 2. The normalized spacial score (nSPS) is 17.3. The molecule has 1 unspecified atom stereocenters. The summed E-state index contributed by atoms with van der Waals surface area (Å²) >= 11 is 0. The summed E-state index contributed by atoms with van der Waals surface area (Å²) in [5, 5.41) is 0. The Bertz CT molecular complexity index is 852. The molecule has 0 aromatic heterocycles. The molecule has 4 heteroatoms. The van der Waals surface area contributed by atoms with Gasteiger partial charge in [-0.3, -0.25) is 0 Å². The number of fused-ring (bicyclic) bond motifs is 1. The Morgan fingerprint density at radius 3 is 2.19 bits per heavy atom. The lowest BCUT2D eigenvalue weighted by Gasteiger charge is -2.34. The molecule has 0 saturated carbocycles. The number of sulfone groups is 1. The molecular formula is C22H29NO2S. The first-order chi connectivity index (χ1) is 12.5. The van der Waals surface area contributed by atoms with Gasteiger partial charge in [-0.05, 0) is 66.7 Å². The quantitative estimate of drug-likeness (QED) is 0.758. The summed E-state index contributed by atoms with van der Waals surface area (Å²) in [5.41, 5.74) is 5.15. The van der Waals surface area contributed by atoms with Crippen molar-refractivity contribution in [3.8, 4) is 11.1 Å². The van der Waals surface area contributed by atoms with Crippen molar-refractivity contribution >= 4 is 9.84 Å². The van der Waals surface area contributed by atoms with Crippen LogP contribution in [0.1, 0.15) is 38.3 Å². The van der Waals surface area contributed by atoms with Gasteiger partial charge in [-0.1, -0.05) is 51.1 Å². The van der Waals surface area contributed by atoms with Gasteiger partial charge in [0.25, 0.3) is 0 Å². The number of nitrogens with zero attached hydrogens (tertiary/aromatic N) is 1. The molecule has 0 fully saturated rings. The van der Waals surface area contributed by atoms with Crippen LogP contribution in [0.3, 0.4) is 0 Å². The van der Waals surface area contributed by atoms with Gasteiger partial charge in [0.05, 0.1) is 10.6 Å². The van der Waals surface area contributed by atoms with Gasteiger partial charge in [0.15, 0.2) is 9.84 Å². The summed E-state index contributed by atoms with van der Waals surface area (Å²) in [6.07, 6.45) is 3.46. The Hall–Kier alpha value is -1.65. The van der Waals surface area contributed by atoms with Gasteiger partial charge < -0.3 is 4.90 Å². The lowest BCUT2D eigenvalue weighted by molar-refractivity contribution is 0.199. The van der Waals surface area contributed by atoms with Crippen LogP contribution in [0, 0.1) is 0 Å². The van der Waals surface area contributed by atoms with E-state index in [1.807, 2.05) is 12.1 Å². The van der Waals surface area contributed by atoms with Gasteiger partial charge in [0.2, 0.25) is 0 Å². The number of hydrogen-bond acceptors (Lipinski definition) is 3. The van der Waals surface area contributed by atoms with Crippen LogP contribution in [0.25, 0.3) is 11.1 Å². The van der Waals surface area contributed by atoms with Crippen LogP contribution in [0.15, 0.2) is 47.4 Å². The Balaban J connectivity index is 1.82. The average molecular weight is 372 g/mol. The Morgan fingerprint density at radius 2 is 1.58 bits per heavy atom. The monoisotopic (exact) mass is 371 g/mol. The summed E-state index contributed by atoms with van der Waals surface area (Å²) in [6, 6.07) is 14.7. The third-order valence-corrected chi connectivity index (χ3v) is 7.41. The molecule has 140 valence electrons. The number of hydrogen-bond donors (Lipinski definition) is 0. The van der Waals surface area contributed by atoms with Crippen molar-refractivity contribution in [3.63, 3.8) is 0 Å². The summed E-state index contributed by atoms with van der Waals surface area (Å²) in [7, 11) is -3.14. The fraction of sp³-hybridized carbons (Fsp3) is 0.455. The molecule has 0 radical (unpaired) electrons. The van der Waals surface area contributed by atoms with Crippen LogP contribution in [-0.4, -0.2) is 38.2 Å². The van der Waals surface area contributed by atoms with Crippen molar-refractivity contribution in [3.05, 3.63) is 53.6 Å². The van der Waals surface area contributed by atoms with Crippen molar-refractivity contribution in [2.45, 2.75) is 51.0 Å². The maximum atomic E-state index is 12.0. The molecule has 2 aromatic rings. The molecule has 0 bridgehead atoms. The molecule has 1 atom stereocenters. The highest BCUT2D eigenvalue weighted by Gasteiger charge is 2.22. The third kappa shape index (κ3) is 3.86. The second-order valence-electron chi connectivity index (χ2n) is 7.03. The minimum Gasteiger partial charge on any atom is -0.301 e. The van der Waals surface area contributed by atoms with Crippen molar-refractivity contribution < 1.29 is 8.42 Å². The summed E-state index contributed by atoms with van der Waals surface area (Å²) in [5.74, 6) is 0.138. The van der Waals surface area contributed by atoms with Crippen LogP contribution < -0.4 is 0 Å². The lowest BCUT2D eigenvalue weighted by Crippen LogP contribution is -2.39. The zero-order valence-electron chi connectivity index (χ0n) is 16.0. The van der Waals surface area contributed by atoms with Crippen molar-refractivity contribution in [1.82, 2.24) is 4.90 Å². The van der Waals surface area contributed by atoms with E-state index in [1.165, 1.54) is 23.1 Å². The average Bonchev–Trinajstić information content (AvgIpc) is 2.68. The molecule has 26 heavy (non-hydrogen) atoms. The molecule has 3 nitrogen and oxygen atoms in total. The van der Waals surface area contributed by atoms with Crippen molar-refractivity contribution in [1.29, 1.82) is 0 Å². The maximum absolute atomic E-state index is 12.0. The lowest BCUT2D eigenvalue weighted by atomic mass is 9.85. The summed E-state index contributed by atoms with van der Waals surface area (Å²) in [4.78, 5) is 2.97. The summed E-state index contributed by atoms with van der Waals surface area (Å²) in [6.45, 7) is 8.39. The molecule has 0 aliphatic heterocycles. The first kappa shape index (κ1) is 19.1. The van der Waals surface area contributed by atoms with Crippen molar-refractivity contribution in [2.75, 3.05) is 18.8 Å². The Kier molecular flexibility index (Phi) is 5.83. The molecule has 2 aromatic carbocycles. The van der Waals surface area contributed by atoms with E-state index in [4.69, 9.17) is 0 Å². The highest BCUT2D eigenvalue weighted by molar-refractivity contribution is 7.91. The molecular weight excluding hydrogens is 342 g/mol. The predicted octanol–water partition coefficient (Wildman–Crippen LogP) is 4.35. The molecule has 1 aliphatic rings. The molecule has 0 spiro atoms. The standard InChI is InChI=1S/C22H29NO2S/c1-4-23(5-2)21-12-9-19-15-18(7-8-20(19)16-21)17-10-13-22(14-11-17)26(24,25)6-3/h7-8,10-11,13-15,21H,4-6,9,12,16H2,1-3H3. The van der Waals surface area contributed by atoms with Gasteiger partial charge in [-0.2, -0.15) is 0 Å². The molecule has 3 rings (SSSR count). The van der Waals surface area contributed by atoms with Crippen LogP contribution in [0.5, 0.6) is 0 Å². The van der Waals surface area contributed by atoms with Gasteiger partial charge in [0.1, 0.15) is 0 Å². The second kappa shape index (κ2) is 7.93. The van der Waals surface area contributed by atoms with Crippen LogP contribution in [-0.2, 0) is 22.7 Å². The third-order valence-electron chi connectivity index (χ3n) is 5.66. The number of aryl methyl sites for hydroxylation is 1. The van der Waals surface area contributed by atoms with Crippen LogP contribution in [0.2, 0.25) is 0 Å². The highest BCUT2D eigenvalue weighted by atomic mass is 32.2. The number of likely N-dealkylation sites (N-methyl/N-ethyl adjacent to an activating group) is 1. The smallest absolute Gasteiger partial charge is 0.178 e. The minimum absolute atomic E-state index is 0.138. The van der Waals surface area contributed by atoms with E-state index in [1.54, 1.807) is 19.1 Å². The van der Waals surface area contributed by atoms with E-state index < -0.39 is 9.84 Å². The van der Waals surface area contributed by atoms with Gasteiger partial charge in [-0.15, -0.1) is 0 Å². The molecule has 0 N–H and O–H groups in total. The minimum atomic E-state index is -3.14. The molecule has 0 saturated heterocycles. The fourth-order valence-corrected chi connectivity index (χ4v) is 4.87. The highest BCUT2D eigenvalue weighted by Crippen LogP contribution is 2.30. The van der Waals surface area contributed by atoms with Gasteiger partial charge >= 0.3 is 0 Å². The van der Waals surface area contributed by atoms with Crippen molar-refractivity contribution in [2.24, 2.45) is 0 Å². The topological polar surface area (TPSA) is 37.4 Å². The number of rotatable bonds is 6. The molecule has 1 aliphatic carbocycles. The van der Waals surface area contributed by atoms with Crippen LogP contribution in [0.4, 0.5) is 0 Å². The second-order valence-corrected chi connectivity index (χ2v) is 9.31. The Labute approximate surface area is 158 Å². The van der Waals surface area contributed by atoms with Crippen LogP contribution >= 0.6 is 0 Å². The largest absolute Gasteiger partial charge is 0.301 e. The maximum Gasteiger partial charge on any atom is 0.178 e. The van der Waals surface area contributed by atoms with E-state index in [2.05, 4.69) is 36.9 Å². The Morgan fingerprint density at radius 1 is 0.923 bits per heavy atom. The zero-order chi connectivity index (χ0) is 18.7. The first-order valence-corrected chi connectivity index (χ1v) is 11.3. The van der Waals surface area contributed by atoms with E-state index >= 15 is 0 Å². The van der Waals surface area contributed by atoms with E-state index in [-0.39, 0.29) is 5.75 Å². The molecule has 0 heterocycles. The van der Waals surface area contributed by atoms with E-state index in [9.17, 15) is 8.42 Å². The first-order valence-electron chi connectivity index (χ1n) is 9.67. The predicted molar refractivity (Wildman–Crippen MR) is 108 cm³/mol. The fourth-order valence-electron chi connectivity index (χ4n) is 3.99. The van der Waals surface area contributed by atoms with E-state index in [0.717, 1.165) is 31.5 Å². The van der Waals surface area contributed by atoms with E-state index in [0.29, 0.717) is 10.9 Å². The molecule has 0 amide bonds. The zero-order valence-corrected chi connectivity index (χ0v) is 16.8. The van der Waals surface area contributed by atoms with Gasteiger partial charge in [0, 0.05) is 6.04 Å².